The Morgan fingerprint density at radius 2 is 2.26 bits per heavy atom. The van der Waals surface area contributed by atoms with Gasteiger partial charge in [0.1, 0.15) is 12.6 Å². The Bertz CT molecular complexity index is 551. The number of hydrogen-bond acceptors (Lipinski definition) is 5. The standard InChI is InChI=1S/C11H14N2O4S2/c1-7-5-19-11(17)13(7)4-9(14)12-2-3-18-6-8(12)10(15)16/h5,8H,2-4,6H2,1H3,(H,15,16). The van der Waals surface area contributed by atoms with E-state index < -0.39 is 12.0 Å². The summed E-state index contributed by atoms with van der Waals surface area (Å²) in [6.45, 7) is 2.09. The van der Waals surface area contributed by atoms with E-state index in [0.717, 1.165) is 22.8 Å². The zero-order chi connectivity index (χ0) is 14.0. The van der Waals surface area contributed by atoms with Crippen LogP contribution in [0.3, 0.4) is 0 Å². The van der Waals surface area contributed by atoms with Crippen molar-refractivity contribution in [1.82, 2.24) is 9.47 Å². The number of carbonyl (C=O) groups excluding carboxylic acids is 1. The summed E-state index contributed by atoms with van der Waals surface area (Å²) >= 11 is 2.57. The number of aryl methyl sites for hydroxylation is 1. The van der Waals surface area contributed by atoms with Crippen LogP contribution in [-0.4, -0.2) is 50.5 Å². The van der Waals surface area contributed by atoms with Crippen LogP contribution in [-0.2, 0) is 16.1 Å². The molecule has 1 fully saturated rings. The molecule has 8 heteroatoms. The van der Waals surface area contributed by atoms with Crippen molar-refractivity contribution in [3.05, 3.63) is 20.7 Å². The van der Waals surface area contributed by atoms with Crippen molar-refractivity contribution in [2.75, 3.05) is 18.1 Å². The summed E-state index contributed by atoms with van der Waals surface area (Å²) in [5.74, 6) is -0.169. The molecule has 19 heavy (non-hydrogen) atoms. The molecular weight excluding hydrogens is 288 g/mol. The highest BCUT2D eigenvalue weighted by Gasteiger charge is 2.32. The molecule has 1 saturated heterocycles. The number of carboxylic acids is 1. The quantitative estimate of drug-likeness (QED) is 0.865. The van der Waals surface area contributed by atoms with Crippen LogP contribution in [0.5, 0.6) is 0 Å². The minimum atomic E-state index is -0.991. The van der Waals surface area contributed by atoms with Gasteiger partial charge in [0.25, 0.3) is 0 Å². The van der Waals surface area contributed by atoms with Gasteiger partial charge in [-0.25, -0.2) is 4.79 Å². The molecule has 1 amide bonds. The largest absolute Gasteiger partial charge is 0.480 e. The molecule has 1 aliphatic rings. The number of hydrogen-bond donors (Lipinski definition) is 1. The number of carbonyl (C=O) groups is 2. The molecule has 0 aliphatic carbocycles. The van der Waals surface area contributed by atoms with E-state index in [-0.39, 0.29) is 17.3 Å². The number of amides is 1. The highest BCUT2D eigenvalue weighted by Crippen LogP contribution is 2.17. The Labute approximate surface area is 118 Å². The van der Waals surface area contributed by atoms with E-state index in [9.17, 15) is 14.4 Å². The Hall–Kier alpha value is -1.28. The van der Waals surface area contributed by atoms with Gasteiger partial charge in [-0.15, -0.1) is 0 Å². The van der Waals surface area contributed by atoms with Crippen molar-refractivity contribution in [3.8, 4) is 0 Å². The van der Waals surface area contributed by atoms with Crippen molar-refractivity contribution in [1.29, 1.82) is 0 Å². The zero-order valence-corrected chi connectivity index (χ0v) is 12.0. The van der Waals surface area contributed by atoms with E-state index in [1.807, 2.05) is 0 Å². The van der Waals surface area contributed by atoms with Gasteiger partial charge in [0.15, 0.2) is 0 Å². The van der Waals surface area contributed by atoms with Crippen molar-refractivity contribution >= 4 is 35.0 Å². The molecule has 1 aromatic heterocycles. The van der Waals surface area contributed by atoms with Crippen molar-refractivity contribution in [2.24, 2.45) is 0 Å². The van der Waals surface area contributed by atoms with E-state index in [4.69, 9.17) is 5.11 Å². The summed E-state index contributed by atoms with van der Waals surface area (Å²) in [5, 5.41) is 10.8. The third kappa shape index (κ3) is 3.01. The monoisotopic (exact) mass is 302 g/mol. The van der Waals surface area contributed by atoms with Crippen LogP contribution >= 0.6 is 23.1 Å². The maximum absolute atomic E-state index is 12.2. The summed E-state index contributed by atoms with van der Waals surface area (Å²) in [6.07, 6.45) is 0. The number of carboxylic acid groups (broad SMARTS) is 1. The van der Waals surface area contributed by atoms with E-state index in [2.05, 4.69) is 0 Å². The average Bonchev–Trinajstić information content (AvgIpc) is 2.70. The Balaban J connectivity index is 2.14. The first-order valence-corrected chi connectivity index (χ1v) is 7.79. The average molecular weight is 302 g/mol. The molecular formula is C11H14N2O4S2. The predicted molar refractivity (Wildman–Crippen MR) is 73.8 cm³/mol. The summed E-state index contributed by atoms with van der Waals surface area (Å²) in [4.78, 5) is 36.1. The molecule has 0 aromatic carbocycles. The van der Waals surface area contributed by atoms with Crippen LogP contribution in [0.15, 0.2) is 10.2 Å². The molecule has 2 heterocycles. The Kier molecular flexibility index (Phi) is 4.31. The van der Waals surface area contributed by atoms with Crippen LogP contribution in [0, 0.1) is 6.92 Å². The zero-order valence-electron chi connectivity index (χ0n) is 10.4. The highest BCUT2D eigenvalue weighted by atomic mass is 32.2. The molecule has 104 valence electrons. The van der Waals surface area contributed by atoms with Crippen LogP contribution in [0.2, 0.25) is 0 Å². The van der Waals surface area contributed by atoms with Gasteiger partial charge in [-0.05, 0) is 6.92 Å². The van der Waals surface area contributed by atoms with Crippen molar-refractivity contribution in [3.63, 3.8) is 0 Å². The number of nitrogens with zero attached hydrogens (tertiary/aromatic N) is 2. The smallest absolute Gasteiger partial charge is 0.327 e. The summed E-state index contributed by atoms with van der Waals surface area (Å²) < 4.78 is 1.38. The summed E-state index contributed by atoms with van der Waals surface area (Å²) in [6, 6.07) is -0.791. The second-order valence-corrected chi connectivity index (χ2v) is 6.22. The lowest BCUT2D eigenvalue weighted by Crippen LogP contribution is -2.51. The van der Waals surface area contributed by atoms with Gasteiger partial charge in [-0.3, -0.25) is 14.2 Å². The summed E-state index contributed by atoms with van der Waals surface area (Å²) in [7, 11) is 0. The number of rotatable bonds is 3. The fraction of sp³-hybridized carbons (Fsp3) is 0.545. The lowest BCUT2D eigenvalue weighted by molar-refractivity contribution is -0.149. The Morgan fingerprint density at radius 3 is 2.84 bits per heavy atom. The van der Waals surface area contributed by atoms with Gasteiger partial charge in [-0.1, -0.05) is 11.3 Å². The highest BCUT2D eigenvalue weighted by molar-refractivity contribution is 7.99. The van der Waals surface area contributed by atoms with Crippen LogP contribution in [0.1, 0.15) is 5.69 Å². The molecule has 2 rings (SSSR count). The van der Waals surface area contributed by atoms with Gasteiger partial charge in [0.2, 0.25) is 5.91 Å². The van der Waals surface area contributed by atoms with E-state index in [1.165, 1.54) is 21.2 Å². The van der Waals surface area contributed by atoms with Gasteiger partial charge < -0.3 is 10.0 Å². The topological polar surface area (TPSA) is 79.6 Å². The van der Waals surface area contributed by atoms with Crippen LogP contribution in [0.25, 0.3) is 0 Å². The molecule has 1 atom stereocenters. The molecule has 0 bridgehead atoms. The molecule has 1 unspecified atom stereocenters. The first-order chi connectivity index (χ1) is 9.00. The summed E-state index contributed by atoms with van der Waals surface area (Å²) in [5.41, 5.74) is 0.724. The lowest BCUT2D eigenvalue weighted by atomic mass is 10.2. The number of aliphatic carboxylic acids is 1. The van der Waals surface area contributed by atoms with Crippen molar-refractivity contribution < 1.29 is 14.7 Å². The molecule has 1 aliphatic heterocycles. The fourth-order valence-electron chi connectivity index (χ4n) is 1.93. The van der Waals surface area contributed by atoms with Crippen LogP contribution in [0.4, 0.5) is 0 Å². The first-order valence-electron chi connectivity index (χ1n) is 5.75. The lowest BCUT2D eigenvalue weighted by Gasteiger charge is -2.32. The molecule has 1 aromatic rings. The van der Waals surface area contributed by atoms with E-state index in [1.54, 1.807) is 12.3 Å². The molecule has 0 saturated carbocycles. The third-order valence-corrected chi connectivity index (χ3v) is 4.91. The molecule has 0 spiro atoms. The third-order valence-electron chi connectivity index (χ3n) is 3.00. The SMILES string of the molecule is Cc1csc(=O)n1CC(=O)N1CCSCC1C(=O)O. The van der Waals surface area contributed by atoms with Crippen molar-refractivity contribution in [2.45, 2.75) is 19.5 Å². The second-order valence-electron chi connectivity index (χ2n) is 4.25. The van der Waals surface area contributed by atoms with E-state index >= 15 is 0 Å². The minimum absolute atomic E-state index is 0.0807. The Morgan fingerprint density at radius 1 is 1.53 bits per heavy atom. The normalized spacial score (nSPS) is 19.4. The second kappa shape index (κ2) is 5.79. The fourth-order valence-corrected chi connectivity index (χ4v) is 3.70. The van der Waals surface area contributed by atoms with Gasteiger partial charge in [-0.2, -0.15) is 11.8 Å². The molecule has 1 N–H and O–H groups in total. The maximum Gasteiger partial charge on any atom is 0.327 e. The van der Waals surface area contributed by atoms with Gasteiger partial charge in [0, 0.05) is 29.1 Å². The van der Waals surface area contributed by atoms with Gasteiger partial charge >= 0.3 is 10.8 Å². The van der Waals surface area contributed by atoms with Crippen LogP contribution < -0.4 is 4.87 Å². The number of aromatic nitrogens is 1. The molecule has 0 radical (unpaired) electrons. The molecule has 6 nitrogen and oxygen atoms in total. The first kappa shape index (κ1) is 14.1. The predicted octanol–water partition coefficient (Wildman–Crippen LogP) is 0.247. The van der Waals surface area contributed by atoms with E-state index in [0.29, 0.717) is 12.3 Å². The number of thiazole rings is 1. The number of thioether (sulfide) groups is 1. The minimum Gasteiger partial charge on any atom is -0.480 e. The maximum atomic E-state index is 12.2. The van der Waals surface area contributed by atoms with Gasteiger partial charge in [0.05, 0.1) is 0 Å².